The van der Waals surface area contributed by atoms with E-state index in [9.17, 15) is 9.59 Å². The third-order valence-electron chi connectivity index (χ3n) is 5.08. The van der Waals surface area contributed by atoms with Gasteiger partial charge in [0.15, 0.2) is 0 Å². The molecule has 0 saturated heterocycles. The van der Waals surface area contributed by atoms with Gasteiger partial charge in [-0.2, -0.15) is 0 Å². The quantitative estimate of drug-likeness (QED) is 0.588. The Morgan fingerprint density at radius 1 is 0.966 bits per heavy atom. The summed E-state index contributed by atoms with van der Waals surface area (Å²) >= 11 is 1.72. The molecule has 0 spiro atoms. The lowest BCUT2D eigenvalue weighted by atomic mass is 10.1. The van der Waals surface area contributed by atoms with E-state index in [1.807, 2.05) is 42.2 Å². The fourth-order valence-electron chi connectivity index (χ4n) is 3.50. The molecule has 29 heavy (non-hydrogen) atoms. The molecule has 0 atom stereocenters. The number of carbonyl (C=O) groups excluding carboxylic acids is 2. The number of fused-ring (bicyclic) bond motifs is 1. The van der Waals surface area contributed by atoms with Crippen molar-refractivity contribution in [2.75, 3.05) is 22.1 Å². The third-order valence-corrected chi connectivity index (χ3v) is 6.05. The van der Waals surface area contributed by atoms with Gasteiger partial charge in [-0.1, -0.05) is 18.2 Å². The van der Waals surface area contributed by atoms with Gasteiger partial charge >= 0.3 is 6.03 Å². The van der Waals surface area contributed by atoms with Crippen molar-refractivity contribution in [3.05, 3.63) is 76.0 Å². The molecule has 1 aliphatic rings. The first-order chi connectivity index (χ1) is 14.1. The number of anilines is 3. The second-order valence-corrected chi connectivity index (χ2v) is 8.11. The lowest BCUT2D eigenvalue weighted by Gasteiger charge is -2.21. The zero-order valence-corrected chi connectivity index (χ0v) is 17.1. The fraction of sp³-hybridized carbons (Fsp3) is 0.217. The van der Waals surface area contributed by atoms with Crippen LogP contribution in [0.2, 0.25) is 0 Å². The minimum Gasteiger partial charge on any atom is -0.308 e. The van der Waals surface area contributed by atoms with Gasteiger partial charge in [-0.05, 0) is 73.5 Å². The summed E-state index contributed by atoms with van der Waals surface area (Å²) < 4.78 is 0. The number of rotatable bonds is 3. The number of hydrogen-bond donors (Lipinski definition) is 2. The molecule has 0 unspecified atom stereocenters. The van der Waals surface area contributed by atoms with Crippen molar-refractivity contribution in [3.8, 4) is 0 Å². The summed E-state index contributed by atoms with van der Waals surface area (Å²) in [7, 11) is 0. The predicted molar refractivity (Wildman–Crippen MR) is 119 cm³/mol. The van der Waals surface area contributed by atoms with E-state index >= 15 is 0 Å². The van der Waals surface area contributed by atoms with E-state index in [0.29, 0.717) is 11.3 Å². The Labute approximate surface area is 174 Å². The van der Waals surface area contributed by atoms with E-state index in [1.165, 1.54) is 4.88 Å². The molecule has 3 amide bonds. The number of aryl methyl sites for hydroxylation is 2. The van der Waals surface area contributed by atoms with Crippen LogP contribution in [0.1, 0.15) is 33.6 Å². The van der Waals surface area contributed by atoms with Crippen molar-refractivity contribution in [2.45, 2.75) is 26.2 Å². The molecule has 0 aliphatic carbocycles. The Hall–Kier alpha value is -3.12. The lowest BCUT2D eigenvalue weighted by Crippen LogP contribution is -2.31. The lowest BCUT2D eigenvalue weighted by molar-refractivity contribution is 0.0987. The summed E-state index contributed by atoms with van der Waals surface area (Å²) in [6, 6.07) is 16.4. The van der Waals surface area contributed by atoms with Crippen LogP contribution in [0.3, 0.4) is 0 Å². The van der Waals surface area contributed by atoms with Gasteiger partial charge in [-0.25, -0.2) is 4.79 Å². The van der Waals surface area contributed by atoms with Gasteiger partial charge in [0.25, 0.3) is 5.91 Å². The number of para-hydroxylation sites is 1. The van der Waals surface area contributed by atoms with Crippen LogP contribution in [0.4, 0.5) is 21.9 Å². The highest BCUT2D eigenvalue weighted by molar-refractivity contribution is 7.10. The summed E-state index contributed by atoms with van der Waals surface area (Å²) in [5, 5.41) is 7.70. The topological polar surface area (TPSA) is 61.4 Å². The molecule has 6 heteroatoms. The predicted octanol–water partition coefficient (Wildman–Crippen LogP) is 5.68. The van der Waals surface area contributed by atoms with E-state index in [4.69, 9.17) is 0 Å². The smallest absolute Gasteiger partial charge is 0.308 e. The molecule has 0 saturated carbocycles. The maximum atomic E-state index is 13.1. The summed E-state index contributed by atoms with van der Waals surface area (Å²) in [4.78, 5) is 28.5. The van der Waals surface area contributed by atoms with Gasteiger partial charge in [-0.3, -0.25) is 4.79 Å². The van der Waals surface area contributed by atoms with Gasteiger partial charge < -0.3 is 15.5 Å². The molecule has 2 aromatic carbocycles. The van der Waals surface area contributed by atoms with Crippen LogP contribution in [0.5, 0.6) is 0 Å². The Bertz CT molecular complexity index is 1030. The summed E-state index contributed by atoms with van der Waals surface area (Å²) in [6.07, 6.45) is 3.15. The molecule has 1 aliphatic heterocycles. The van der Waals surface area contributed by atoms with Crippen molar-refractivity contribution in [3.63, 3.8) is 0 Å². The Kier molecular flexibility index (Phi) is 5.62. The molecule has 0 bridgehead atoms. The highest BCUT2D eigenvalue weighted by atomic mass is 32.1. The fourth-order valence-corrected chi connectivity index (χ4v) is 4.42. The van der Waals surface area contributed by atoms with E-state index in [2.05, 4.69) is 16.0 Å². The van der Waals surface area contributed by atoms with E-state index in [-0.39, 0.29) is 11.9 Å². The molecule has 4 rings (SSSR count). The largest absolute Gasteiger partial charge is 0.323 e. The van der Waals surface area contributed by atoms with Gasteiger partial charge in [0.05, 0.1) is 5.69 Å². The maximum Gasteiger partial charge on any atom is 0.323 e. The van der Waals surface area contributed by atoms with Gasteiger partial charge in [0.2, 0.25) is 0 Å². The van der Waals surface area contributed by atoms with Gasteiger partial charge in [0.1, 0.15) is 0 Å². The molecule has 3 aromatic rings. The first-order valence-electron chi connectivity index (χ1n) is 9.74. The highest BCUT2D eigenvalue weighted by Crippen LogP contribution is 2.32. The Balaban J connectivity index is 1.43. The van der Waals surface area contributed by atoms with E-state index in [0.717, 1.165) is 42.7 Å². The SMILES string of the molecule is Cc1ccccc1NC(=O)Nc1ccc(C(=O)N2CCCCc3sccc32)cc1. The normalized spacial score (nSPS) is 13.3. The Morgan fingerprint density at radius 3 is 2.55 bits per heavy atom. The van der Waals surface area contributed by atoms with Crippen LogP contribution in [-0.4, -0.2) is 18.5 Å². The third kappa shape index (κ3) is 4.32. The maximum absolute atomic E-state index is 13.1. The van der Waals surface area contributed by atoms with Crippen molar-refractivity contribution in [2.24, 2.45) is 0 Å². The van der Waals surface area contributed by atoms with Gasteiger partial charge in [0, 0.05) is 28.4 Å². The Morgan fingerprint density at radius 2 is 1.76 bits per heavy atom. The number of amides is 3. The first-order valence-corrected chi connectivity index (χ1v) is 10.6. The second-order valence-electron chi connectivity index (χ2n) is 7.11. The first kappa shape index (κ1) is 19.2. The summed E-state index contributed by atoms with van der Waals surface area (Å²) in [5.41, 5.74) is 4.06. The standard InChI is InChI=1S/C23H23N3O2S/c1-16-6-2-3-7-19(16)25-23(28)24-18-11-9-17(10-12-18)22(27)26-14-5-4-8-21-20(26)13-15-29-21/h2-3,6-7,9-13,15H,4-5,8,14H2,1H3,(H2,24,25,28). The zero-order chi connectivity index (χ0) is 20.2. The van der Waals surface area contributed by atoms with E-state index < -0.39 is 0 Å². The molecular weight excluding hydrogens is 382 g/mol. The summed E-state index contributed by atoms with van der Waals surface area (Å²) in [6.45, 7) is 2.68. The molecule has 2 N–H and O–H groups in total. The van der Waals surface area contributed by atoms with Crippen molar-refractivity contribution < 1.29 is 9.59 Å². The zero-order valence-electron chi connectivity index (χ0n) is 16.3. The molecule has 148 valence electrons. The van der Waals surface area contributed by atoms with Crippen molar-refractivity contribution in [1.82, 2.24) is 0 Å². The number of thiophene rings is 1. The molecule has 0 fully saturated rings. The number of benzene rings is 2. The minimum absolute atomic E-state index is 0.00228. The number of carbonyl (C=O) groups is 2. The van der Waals surface area contributed by atoms with Crippen molar-refractivity contribution >= 4 is 40.3 Å². The molecule has 5 nitrogen and oxygen atoms in total. The molecular formula is C23H23N3O2S. The number of urea groups is 1. The average molecular weight is 406 g/mol. The van der Waals surface area contributed by atoms with Crippen LogP contribution < -0.4 is 15.5 Å². The number of nitrogens with one attached hydrogen (secondary N) is 2. The van der Waals surface area contributed by atoms with Crippen LogP contribution >= 0.6 is 11.3 Å². The van der Waals surface area contributed by atoms with Crippen LogP contribution in [0.25, 0.3) is 0 Å². The number of nitrogens with zero attached hydrogens (tertiary/aromatic N) is 1. The van der Waals surface area contributed by atoms with Gasteiger partial charge in [-0.15, -0.1) is 11.3 Å². The molecule has 2 heterocycles. The monoisotopic (exact) mass is 405 g/mol. The molecule has 0 radical (unpaired) electrons. The van der Waals surface area contributed by atoms with Crippen LogP contribution in [0.15, 0.2) is 60.0 Å². The van der Waals surface area contributed by atoms with Crippen LogP contribution in [0, 0.1) is 6.92 Å². The van der Waals surface area contributed by atoms with E-state index in [1.54, 1.807) is 35.6 Å². The number of hydrogen-bond acceptors (Lipinski definition) is 3. The average Bonchev–Trinajstić information content (AvgIpc) is 3.09. The van der Waals surface area contributed by atoms with Crippen molar-refractivity contribution in [1.29, 1.82) is 0 Å². The summed E-state index contributed by atoms with van der Waals surface area (Å²) in [5.74, 6) is 0.00228. The van der Waals surface area contributed by atoms with Crippen LogP contribution in [-0.2, 0) is 6.42 Å². The minimum atomic E-state index is -0.311. The highest BCUT2D eigenvalue weighted by Gasteiger charge is 2.23. The second kappa shape index (κ2) is 8.49. The molecule has 1 aromatic heterocycles.